The first-order valence-electron chi connectivity index (χ1n) is 10.1. The Hall–Kier alpha value is -3.74. The maximum atomic E-state index is 4.85. The Morgan fingerprint density at radius 1 is 0.500 bits per heavy atom. The number of hydrogen-bond donors (Lipinski definition) is 0. The molecule has 4 nitrogen and oxygen atoms in total. The van der Waals surface area contributed by atoms with Gasteiger partial charge in [-0.05, 0) is 47.2 Å². The van der Waals surface area contributed by atoms with Gasteiger partial charge in [0, 0.05) is 23.5 Å². The van der Waals surface area contributed by atoms with Gasteiger partial charge in [-0.1, -0.05) is 36.4 Å². The zero-order chi connectivity index (χ0) is 21.3. The van der Waals surface area contributed by atoms with Crippen molar-refractivity contribution in [1.82, 2.24) is 19.9 Å². The number of fused-ring (bicyclic) bond motifs is 1. The lowest BCUT2D eigenvalue weighted by molar-refractivity contribution is 1.32. The van der Waals surface area contributed by atoms with E-state index in [9.17, 15) is 0 Å². The Balaban J connectivity index is 1.36. The molecule has 0 saturated carbocycles. The van der Waals surface area contributed by atoms with Gasteiger partial charge in [0.15, 0.2) is 0 Å². The monoisotopic (exact) mass is 448 g/mol. The van der Waals surface area contributed by atoms with Crippen LogP contribution >= 0.6 is 22.7 Å². The van der Waals surface area contributed by atoms with Crippen LogP contribution in [0.4, 0.5) is 0 Å². The highest BCUT2D eigenvalue weighted by Gasteiger charge is 2.08. The van der Waals surface area contributed by atoms with Crippen molar-refractivity contribution in [2.24, 2.45) is 0 Å². The van der Waals surface area contributed by atoms with Crippen molar-refractivity contribution < 1.29 is 0 Å². The zero-order valence-corrected chi connectivity index (χ0v) is 18.5. The van der Waals surface area contributed by atoms with Crippen molar-refractivity contribution >= 4 is 33.4 Å². The van der Waals surface area contributed by atoms with Crippen LogP contribution in [0.15, 0.2) is 96.2 Å². The fourth-order valence-electron chi connectivity index (χ4n) is 3.71. The van der Waals surface area contributed by atoms with Crippen LogP contribution in [-0.4, -0.2) is 19.9 Å². The van der Waals surface area contributed by atoms with E-state index in [1.54, 1.807) is 22.7 Å². The fourth-order valence-corrected chi connectivity index (χ4v) is 4.90. The van der Waals surface area contributed by atoms with Crippen molar-refractivity contribution in [2.75, 3.05) is 0 Å². The van der Waals surface area contributed by atoms with E-state index in [0.29, 0.717) is 0 Å². The normalized spacial score (nSPS) is 11.1. The third-order valence-corrected chi connectivity index (χ3v) is 6.89. The van der Waals surface area contributed by atoms with E-state index in [2.05, 4.69) is 58.5 Å². The lowest BCUT2D eigenvalue weighted by Crippen LogP contribution is -1.88. The molecule has 0 fully saturated rings. The van der Waals surface area contributed by atoms with E-state index in [4.69, 9.17) is 9.97 Å². The minimum atomic E-state index is 0.951. The molecule has 6 rings (SSSR count). The van der Waals surface area contributed by atoms with E-state index >= 15 is 0 Å². The predicted molar refractivity (Wildman–Crippen MR) is 133 cm³/mol. The lowest BCUT2D eigenvalue weighted by atomic mass is 10.0. The van der Waals surface area contributed by atoms with E-state index in [0.717, 1.165) is 43.7 Å². The number of hydrogen-bond acceptors (Lipinski definition) is 6. The molecule has 0 N–H and O–H groups in total. The zero-order valence-electron chi connectivity index (χ0n) is 16.8. The molecule has 2 aromatic carbocycles. The largest absolute Gasteiger partial charge is 0.252 e. The summed E-state index contributed by atoms with van der Waals surface area (Å²) in [7, 11) is 0. The van der Waals surface area contributed by atoms with E-state index < -0.39 is 0 Å². The van der Waals surface area contributed by atoms with E-state index in [-0.39, 0.29) is 0 Å². The van der Waals surface area contributed by atoms with Crippen LogP contribution in [-0.2, 0) is 0 Å². The number of pyridine rings is 2. The molecule has 0 amide bonds. The van der Waals surface area contributed by atoms with Gasteiger partial charge in [0.05, 0.1) is 43.6 Å². The molecular weight excluding hydrogens is 432 g/mol. The van der Waals surface area contributed by atoms with Gasteiger partial charge in [0.1, 0.15) is 0 Å². The number of aromatic nitrogens is 4. The van der Waals surface area contributed by atoms with Crippen LogP contribution in [0, 0.1) is 0 Å². The highest BCUT2D eigenvalue weighted by atomic mass is 32.1. The second kappa shape index (κ2) is 8.07. The Labute approximate surface area is 193 Å². The van der Waals surface area contributed by atoms with Crippen LogP contribution < -0.4 is 0 Å². The molecular formula is C26H16N4S2. The Bertz CT molecular complexity index is 1410. The van der Waals surface area contributed by atoms with Gasteiger partial charge in [-0.2, -0.15) is 0 Å². The summed E-state index contributed by atoms with van der Waals surface area (Å²) in [5.41, 5.74) is 9.68. The van der Waals surface area contributed by atoms with Gasteiger partial charge in [0.2, 0.25) is 0 Å². The SMILES string of the molecule is c1cc(-c2ccc3cc(-c4cccc(-c5cncs5)n4)ccc3c2)nc(-c2cncs2)c1. The molecule has 6 aromatic rings. The van der Waals surface area contributed by atoms with Gasteiger partial charge in [-0.3, -0.25) is 9.97 Å². The summed E-state index contributed by atoms with van der Waals surface area (Å²) < 4.78 is 0. The number of nitrogens with zero attached hydrogens (tertiary/aromatic N) is 4. The number of thiazole rings is 2. The van der Waals surface area contributed by atoms with Gasteiger partial charge < -0.3 is 0 Å². The summed E-state index contributed by atoms with van der Waals surface area (Å²) in [4.78, 5) is 20.2. The summed E-state index contributed by atoms with van der Waals surface area (Å²) in [6.07, 6.45) is 3.72. The molecule has 4 aromatic heterocycles. The molecule has 0 aliphatic heterocycles. The predicted octanol–water partition coefficient (Wildman–Crippen LogP) is 7.21. The molecule has 152 valence electrons. The van der Waals surface area contributed by atoms with E-state index in [1.807, 2.05) is 47.7 Å². The van der Waals surface area contributed by atoms with Crippen LogP contribution in [0.2, 0.25) is 0 Å². The molecule has 0 unspecified atom stereocenters. The van der Waals surface area contributed by atoms with E-state index in [1.165, 1.54) is 10.8 Å². The molecule has 0 atom stereocenters. The lowest BCUT2D eigenvalue weighted by Gasteiger charge is -2.08. The molecule has 4 heterocycles. The fraction of sp³-hybridized carbons (Fsp3) is 0. The topological polar surface area (TPSA) is 51.6 Å². The Morgan fingerprint density at radius 3 is 1.41 bits per heavy atom. The second-order valence-corrected chi connectivity index (χ2v) is 9.10. The molecule has 0 saturated heterocycles. The minimum Gasteiger partial charge on any atom is -0.252 e. The third-order valence-electron chi connectivity index (χ3n) is 5.30. The highest BCUT2D eigenvalue weighted by molar-refractivity contribution is 7.13. The van der Waals surface area contributed by atoms with Crippen LogP contribution in [0.5, 0.6) is 0 Å². The van der Waals surface area contributed by atoms with Crippen molar-refractivity contribution in [3.63, 3.8) is 0 Å². The summed E-state index contributed by atoms with van der Waals surface area (Å²) in [6, 6.07) is 25.2. The first kappa shape index (κ1) is 19.0. The van der Waals surface area contributed by atoms with Crippen molar-refractivity contribution in [3.8, 4) is 43.7 Å². The molecule has 0 aliphatic carbocycles. The van der Waals surface area contributed by atoms with Crippen LogP contribution in [0.1, 0.15) is 0 Å². The smallest absolute Gasteiger partial charge is 0.0825 e. The van der Waals surface area contributed by atoms with Gasteiger partial charge in [-0.25, -0.2) is 9.97 Å². The average Bonchev–Trinajstić information content (AvgIpc) is 3.59. The van der Waals surface area contributed by atoms with Gasteiger partial charge in [-0.15, -0.1) is 22.7 Å². The summed E-state index contributed by atoms with van der Waals surface area (Å²) >= 11 is 3.20. The molecule has 0 aliphatic rings. The number of benzene rings is 2. The Morgan fingerprint density at radius 2 is 0.969 bits per heavy atom. The third kappa shape index (κ3) is 3.60. The minimum absolute atomic E-state index is 0.951. The molecule has 0 spiro atoms. The maximum absolute atomic E-state index is 4.85. The van der Waals surface area contributed by atoms with Crippen molar-refractivity contribution in [3.05, 3.63) is 96.2 Å². The number of rotatable bonds is 4. The summed E-state index contributed by atoms with van der Waals surface area (Å²) in [6.45, 7) is 0. The van der Waals surface area contributed by atoms with Gasteiger partial charge in [0.25, 0.3) is 0 Å². The van der Waals surface area contributed by atoms with Crippen LogP contribution in [0.25, 0.3) is 54.4 Å². The molecule has 6 heteroatoms. The molecule has 32 heavy (non-hydrogen) atoms. The standard InChI is InChI=1S/C26H16N4S2/c1-3-21(29-23(5-1)25-13-27-15-31-25)19-9-7-18-12-20(10-8-17(18)11-19)22-4-2-6-24(30-22)26-14-28-16-32-26/h1-16H. The highest BCUT2D eigenvalue weighted by Crippen LogP contribution is 2.30. The van der Waals surface area contributed by atoms with Gasteiger partial charge >= 0.3 is 0 Å². The van der Waals surface area contributed by atoms with Crippen molar-refractivity contribution in [1.29, 1.82) is 0 Å². The molecule has 0 bridgehead atoms. The summed E-state index contributed by atoms with van der Waals surface area (Å²) in [5.74, 6) is 0. The quantitative estimate of drug-likeness (QED) is 0.286. The summed E-state index contributed by atoms with van der Waals surface area (Å²) in [5, 5.41) is 2.35. The van der Waals surface area contributed by atoms with Crippen molar-refractivity contribution in [2.45, 2.75) is 0 Å². The van der Waals surface area contributed by atoms with Crippen LogP contribution in [0.3, 0.4) is 0 Å². The first-order chi connectivity index (χ1) is 15.8. The molecule has 0 radical (unpaired) electrons. The maximum Gasteiger partial charge on any atom is 0.0825 e. The first-order valence-corrected chi connectivity index (χ1v) is 11.9. The Kier molecular flexibility index (Phi) is 4.79. The average molecular weight is 449 g/mol. The second-order valence-electron chi connectivity index (χ2n) is 7.32.